The van der Waals surface area contributed by atoms with Crippen molar-refractivity contribution in [2.45, 2.75) is 59.4 Å². The number of hydrogen-bond acceptors (Lipinski definition) is 2. The maximum absolute atomic E-state index is 9.19. The van der Waals surface area contributed by atoms with Crippen LogP contribution in [0.5, 0.6) is 0 Å². The van der Waals surface area contributed by atoms with E-state index < -0.39 is 8.07 Å². The highest BCUT2D eigenvalue weighted by Gasteiger charge is 2.23. The molecule has 1 unspecified atom stereocenters. The molecule has 0 saturated heterocycles. The highest BCUT2D eigenvalue weighted by molar-refractivity contribution is 6.88. The number of hydrogen-bond donors (Lipinski definition) is 2. The first-order chi connectivity index (χ1) is 9.14. The monoisotopic (exact) mass is 293 g/mol. The molecular weight excluding hydrogens is 262 g/mol. The highest BCUT2D eigenvalue weighted by atomic mass is 28.3. The summed E-state index contributed by atoms with van der Waals surface area (Å²) in [4.78, 5) is 0. The van der Waals surface area contributed by atoms with Crippen LogP contribution < -0.4 is 10.5 Å². The summed E-state index contributed by atoms with van der Waals surface area (Å²) in [6, 6.07) is 9.37. The van der Waals surface area contributed by atoms with Gasteiger partial charge in [-0.1, -0.05) is 69.9 Å². The van der Waals surface area contributed by atoms with E-state index in [1.807, 2.05) is 0 Å². The standard InChI is InChI=1S/C17H31NOSi/c1-17(2,3)16(11-12-19)18-13-14-7-9-15(10-8-14)20(4,5)6/h7-10,16,18-19H,11-13H2,1-6H3. The fourth-order valence-corrected chi connectivity index (χ4v) is 3.50. The van der Waals surface area contributed by atoms with Gasteiger partial charge in [0.1, 0.15) is 0 Å². The Hall–Kier alpha value is -0.643. The van der Waals surface area contributed by atoms with E-state index in [0.717, 1.165) is 13.0 Å². The molecule has 3 heteroatoms. The van der Waals surface area contributed by atoms with Gasteiger partial charge in [-0.05, 0) is 17.4 Å². The molecule has 2 nitrogen and oxygen atoms in total. The van der Waals surface area contributed by atoms with Gasteiger partial charge in [0.05, 0.1) is 8.07 Å². The zero-order valence-corrected chi connectivity index (χ0v) is 15.0. The van der Waals surface area contributed by atoms with Crippen LogP contribution in [0.4, 0.5) is 0 Å². The molecule has 0 heterocycles. The van der Waals surface area contributed by atoms with Gasteiger partial charge in [0.2, 0.25) is 0 Å². The average Bonchev–Trinajstić information content (AvgIpc) is 2.32. The lowest BCUT2D eigenvalue weighted by Crippen LogP contribution is -2.41. The van der Waals surface area contributed by atoms with Crippen molar-refractivity contribution in [3.05, 3.63) is 29.8 Å². The van der Waals surface area contributed by atoms with Crippen molar-refractivity contribution in [2.24, 2.45) is 5.41 Å². The summed E-state index contributed by atoms with van der Waals surface area (Å²) in [5.74, 6) is 0. The summed E-state index contributed by atoms with van der Waals surface area (Å²) in [5, 5.41) is 14.3. The molecule has 0 spiro atoms. The molecule has 0 radical (unpaired) electrons. The number of nitrogens with one attached hydrogen (secondary N) is 1. The normalized spacial score (nSPS) is 14.3. The van der Waals surface area contributed by atoms with Crippen molar-refractivity contribution in [2.75, 3.05) is 6.61 Å². The third-order valence-electron chi connectivity index (χ3n) is 3.84. The van der Waals surface area contributed by atoms with Crippen LogP contribution in [0, 0.1) is 5.41 Å². The van der Waals surface area contributed by atoms with Gasteiger partial charge >= 0.3 is 0 Å². The lowest BCUT2D eigenvalue weighted by atomic mass is 9.85. The minimum Gasteiger partial charge on any atom is -0.396 e. The summed E-state index contributed by atoms with van der Waals surface area (Å²) >= 11 is 0. The Bertz CT molecular complexity index is 400. The van der Waals surface area contributed by atoms with Gasteiger partial charge in [-0.2, -0.15) is 0 Å². The number of rotatable bonds is 6. The van der Waals surface area contributed by atoms with E-state index in [0.29, 0.717) is 6.04 Å². The Morgan fingerprint density at radius 2 is 1.65 bits per heavy atom. The van der Waals surface area contributed by atoms with Crippen LogP contribution in [-0.4, -0.2) is 25.8 Å². The Morgan fingerprint density at radius 3 is 2.05 bits per heavy atom. The maximum atomic E-state index is 9.19. The topological polar surface area (TPSA) is 32.3 Å². The minimum absolute atomic E-state index is 0.168. The van der Waals surface area contributed by atoms with Crippen molar-refractivity contribution in [1.82, 2.24) is 5.32 Å². The molecule has 0 fully saturated rings. The molecule has 1 aromatic carbocycles. The van der Waals surface area contributed by atoms with Gasteiger partial charge in [-0.25, -0.2) is 0 Å². The van der Waals surface area contributed by atoms with Crippen LogP contribution in [0.3, 0.4) is 0 Å². The average molecular weight is 294 g/mol. The number of aliphatic hydroxyl groups is 1. The van der Waals surface area contributed by atoms with Crippen LogP contribution in [0.15, 0.2) is 24.3 Å². The molecule has 0 amide bonds. The molecule has 1 rings (SSSR count). The van der Waals surface area contributed by atoms with Crippen LogP contribution in [-0.2, 0) is 6.54 Å². The lowest BCUT2D eigenvalue weighted by Gasteiger charge is -2.31. The fraction of sp³-hybridized carbons (Fsp3) is 0.647. The maximum Gasteiger partial charge on any atom is 0.0775 e. The predicted molar refractivity (Wildman–Crippen MR) is 91.2 cm³/mol. The molecule has 2 N–H and O–H groups in total. The van der Waals surface area contributed by atoms with Gasteiger partial charge in [0.25, 0.3) is 0 Å². The zero-order valence-electron chi connectivity index (χ0n) is 14.0. The van der Waals surface area contributed by atoms with E-state index in [4.69, 9.17) is 0 Å². The highest BCUT2D eigenvalue weighted by Crippen LogP contribution is 2.22. The first-order valence-electron chi connectivity index (χ1n) is 7.58. The predicted octanol–water partition coefficient (Wildman–Crippen LogP) is 3.12. The van der Waals surface area contributed by atoms with Gasteiger partial charge in [0.15, 0.2) is 0 Å². The molecule has 1 atom stereocenters. The van der Waals surface area contributed by atoms with Gasteiger partial charge < -0.3 is 10.4 Å². The lowest BCUT2D eigenvalue weighted by molar-refractivity contribution is 0.196. The molecule has 0 aromatic heterocycles. The SMILES string of the molecule is CC(C)(C)C(CCO)NCc1ccc([Si](C)(C)C)cc1. The Labute approximate surface area is 125 Å². The van der Waals surface area contributed by atoms with Crippen molar-refractivity contribution < 1.29 is 5.11 Å². The van der Waals surface area contributed by atoms with Crippen molar-refractivity contribution in [3.63, 3.8) is 0 Å². The van der Waals surface area contributed by atoms with E-state index in [9.17, 15) is 5.11 Å². The van der Waals surface area contributed by atoms with E-state index in [1.54, 1.807) is 0 Å². The Kier molecular flexibility index (Phi) is 5.99. The third-order valence-corrected chi connectivity index (χ3v) is 5.90. The Morgan fingerprint density at radius 1 is 1.10 bits per heavy atom. The molecule has 0 aliphatic carbocycles. The first kappa shape index (κ1) is 17.4. The second kappa shape index (κ2) is 6.88. The first-order valence-corrected chi connectivity index (χ1v) is 11.1. The summed E-state index contributed by atoms with van der Waals surface area (Å²) < 4.78 is 0. The molecule has 20 heavy (non-hydrogen) atoms. The van der Waals surface area contributed by atoms with Gasteiger partial charge in [-0.15, -0.1) is 0 Å². The molecule has 0 aliphatic rings. The molecule has 0 aliphatic heterocycles. The molecule has 1 aromatic rings. The quantitative estimate of drug-likeness (QED) is 0.790. The van der Waals surface area contributed by atoms with Crippen LogP contribution in [0.25, 0.3) is 0 Å². The number of benzene rings is 1. The Balaban J connectivity index is 2.65. The smallest absolute Gasteiger partial charge is 0.0775 e. The molecule has 0 saturated carbocycles. The number of aliphatic hydroxyl groups excluding tert-OH is 1. The van der Waals surface area contributed by atoms with E-state index in [1.165, 1.54) is 10.8 Å². The van der Waals surface area contributed by atoms with E-state index in [2.05, 4.69) is 70.0 Å². The second-order valence-corrected chi connectivity index (χ2v) is 12.8. The summed E-state index contributed by atoms with van der Waals surface area (Å²) in [7, 11) is -1.20. The van der Waals surface area contributed by atoms with Gasteiger partial charge in [-0.3, -0.25) is 0 Å². The zero-order chi connectivity index (χ0) is 15.4. The van der Waals surface area contributed by atoms with Crippen molar-refractivity contribution in [3.8, 4) is 0 Å². The fourth-order valence-electron chi connectivity index (χ4n) is 2.33. The van der Waals surface area contributed by atoms with Crippen molar-refractivity contribution >= 4 is 13.3 Å². The van der Waals surface area contributed by atoms with E-state index >= 15 is 0 Å². The van der Waals surface area contributed by atoms with E-state index in [-0.39, 0.29) is 12.0 Å². The summed E-state index contributed by atoms with van der Waals surface area (Å²) in [5.41, 5.74) is 1.49. The minimum atomic E-state index is -1.20. The summed E-state index contributed by atoms with van der Waals surface area (Å²) in [6.07, 6.45) is 0.802. The molecule has 0 bridgehead atoms. The molecule has 114 valence electrons. The van der Waals surface area contributed by atoms with Crippen molar-refractivity contribution in [1.29, 1.82) is 0 Å². The van der Waals surface area contributed by atoms with Crippen LogP contribution in [0.2, 0.25) is 19.6 Å². The van der Waals surface area contributed by atoms with Crippen LogP contribution >= 0.6 is 0 Å². The second-order valence-electron chi connectivity index (χ2n) is 7.76. The third kappa shape index (κ3) is 5.39. The summed E-state index contributed by atoms with van der Waals surface area (Å²) in [6.45, 7) is 14.9. The molecular formula is C17H31NOSi. The van der Waals surface area contributed by atoms with Crippen LogP contribution in [0.1, 0.15) is 32.8 Å². The van der Waals surface area contributed by atoms with Gasteiger partial charge in [0, 0.05) is 19.2 Å². The largest absolute Gasteiger partial charge is 0.396 e.